The molecule has 1 unspecified atom stereocenters. The number of morpholine rings is 1. The van der Waals surface area contributed by atoms with Crippen molar-refractivity contribution in [3.63, 3.8) is 0 Å². The molecule has 1 fully saturated rings. The summed E-state index contributed by atoms with van der Waals surface area (Å²) in [6.45, 7) is 5.69. The first kappa shape index (κ1) is 25.5. The van der Waals surface area contributed by atoms with Crippen molar-refractivity contribution < 1.29 is 27.1 Å². The van der Waals surface area contributed by atoms with E-state index in [0.29, 0.717) is 37.7 Å². The summed E-state index contributed by atoms with van der Waals surface area (Å²) in [5.41, 5.74) is 0.00691. The van der Waals surface area contributed by atoms with Crippen LogP contribution in [0.5, 0.6) is 0 Å². The van der Waals surface area contributed by atoms with Gasteiger partial charge in [0.1, 0.15) is 23.7 Å². The minimum absolute atomic E-state index is 0.0952. The lowest BCUT2D eigenvalue weighted by atomic mass is 9.96. The van der Waals surface area contributed by atoms with Crippen molar-refractivity contribution in [1.82, 2.24) is 14.5 Å². The SMILES string of the molecule is CC[C@H](C)[C@@H](C(=O)N1CCOCC1)N1CC=C(NS(=O)(=O)CC(F)c2ccc(Cl)cc2)C1=O. The number of nitrogens with zero attached hydrogens (tertiary/aromatic N) is 2. The lowest BCUT2D eigenvalue weighted by Crippen LogP contribution is -2.55. The first-order chi connectivity index (χ1) is 15.6. The fourth-order valence-electron chi connectivity index (χ4n) is 3.89. The number of carbonyl (C=O) groups excluding carboxylic acids is 2. The van der Waals surface area contributed by atoms with E-state index < -0.39 is 33.9 Å². The lowest BCUT2D eigenvalue weighted by molar-refractivity contribution is -0.148. The molecule has 33 heavy (non-hydrogen) atoms. The largest absolute Gasteiger partial charge is 0.378 e. The highest BCUT2D eigenvalue weighted by molar-refractivity contribution is 7.89. The molecule has 3 rings (SSSR count). The first-order valence-corrected chi connectivity index (χ1v) is 12.9. The quantitative estimate of drug-likeness (QED) is 0.560. The van der Waals surface area contributed by atoms with Gasteiger partial charge >= 0.3 is 0 Å². The van der Waals surface area contributed by atoms with E-state index in [2.05, 4.69) is 4.72 Å². The maximum Gasteiger partial charge on any atom is 0.271 e. The minimum Gasteiger partial charge on any atom is -0.378 e. The predicted octanol–water partition coefficient (Wildman–Crippen LogP) is 2.27. The van der Waals surface area contributed by atoms with Gasteiger partial charge in [-0.15, -0.1) is 0 Å². The molecule has 1 aromatic carbocycles. The standard InChI is InChI=1S/C22H29ClFN3O5S/c1-3-15(2)20(22(29)26-10-12-32-13-11-26)27-9-8-19(21(27)28)25-33(30,31)14-18(24)16-4-6-17(23)7-5-16/h4-8,15,18,20,25H,3,9-14H2,1-2H3/t15-,18?,20-/m0/s1. The van der Waals surface area contributed by atoms with Crippen molar-refractivity contribution in [3.8, 4) is 0 Å². The van der Waals surface area contributed by atoms with Crippen LogP contribution in [0.25, 0.3) is 0 Å². The number of benzene rings is 1. The number of rotatable bonds is 9. The Morgan fingerprint density at radius 1 is 1.24 bits per heavy atom. The molecular weight excluding hydrogens is 473 g/mol. The summed E-state index contributed by atoms with van der Waals surface area (Å²) in [5, 5.41) is 0.413. The molecular formula is C22H29ClFN3O5S. The predicted molar refractivity (Wildman–Crippen MR) is 123 cm³/mol. The van der Waals surface area contributed by atoms with E-state index in [-0.39, 0.29) is 29.6 Å². The molecule has 2 aliphatic heterocycles. The van der Waals surface area contributed by atoms with E-state index in [1.165, 1.54) is 35.2 Å². The summed E-state index contributed by atoms with van der Waals surface area (Å²) >= 11 is 5.79. The molecule has 0 aliphatic carbocycles. The lowest BCUT2D eigenvalue weighted by Gasteiger charge is -2.37. The van der Waals surface area contributed by atoms with Crippen LogP contribution in [-0.4, -0.2) is 74.7 Å². The average molecular weight is 502 g/mol. The van der Waals surface area contributed by atoms with Gasteiger partial charge in [0.2, 0.25) is 15.9 Å². The van der Waals surface area contributed by atoms with Gasteiger partial charge in [-0.1, -0.05) is 44.0 Å². The van der Waals surface area contributed by atoms with Crippen LogP contribution >= 0.6 is 11.6 Å². The number of sulfonamides is 1. The Bertz CT molecular complexity index is 996. The van der Waals surface area contributed by atoms with E-state index in [9.17, 15) is 22.4 Å². The van der Waals surface area contributed by atoms with Gasteiger partial charge in [-0.2, -0.15) is 0 Å². The zero-order valence-electron chi connectivity index (χ0n) is 18.7. The Morgan fingerprint density at radius 2 is 1.88 bits per heavy atom. The van der Waals surface area contributed by atoms with Gasteiger partial charge < -0.3 is 14.5 Å². The molecule has 11 heteroatoms. The third kappa shape index (κ3) is 6.24. The zero-order valence-corrected chi connectivity index (χ0v) is 20.2. The fraction of sp³-hybridized carbons (Fsp3) is 0.545. The number of amides is 2. The molecule has 3 atom stereocenters. The maximum absolute atomic E-state index is 14.6. The smallest absolute Gasteiger partial charge is 0.271 e. The average Bonchev–Trinajstić information content (AvgIpc) is 3.13. The number of nitrogens with one attached hydrogen (secondary N) is 1. The van der Waals surface area contributed by atoms with Crippen molar-refractivity contribution >= 4 is 33.4 Å². The summed E-state index contributed by atoms with van der Waals surface area (Å²) in [4.78, 5) is 29.3. The third-order valence-corrected chi connectivity index (χ3v) is 7.46. The normalized spacial score (nSPS) is 19.8. The van der Waals surface area contributed by atoms with Gasteiger partial charge in [-0.25, -0.2) is 12.8 Å². The Labute approximate surface area is 198 Å². The van der Waals surface area contributed by atoms with Crippen LogP contribution in [0, 0.1) is 5.92 Å². The molecule has 2 aliphatic rings. The topological polar surface area (TPSA) is 96.0 Å². The second-order valence-corrected chi connectivity index (χ2v) is 10.4. The summed E-state index contributed by atoms with van der Waals surface area (Å²) < 4.78 is 47.2. The highest BCUT2D eigenvalue weighted by atomic mass is 35.5. The number of hydrogen-bond acceptors (Lipinski definition) is 5. The van der Waals surface area contributed by atoms with Crippen LogP contribution in [0.2, 0.25) is 5.02 Å². The Hall–Kier alpha value is -2.17. The molecule has 0 radical (unpaired) electrons. The second kappa shape index (κ2) is 10.8. The van der Waals surface area contributed by atoms with E-state index in [1.807, 2.05) is 13.8 Å². The van der Waals surface area contributed by atoms with Crippen LogP contribution < -0.4 is 4.72 Å². The van der Waals surface area contributed by atoms with Crippen molar-refractivity contribution in [1.29, 1.82) is 0 Å². The molecule has 0 aromatic heterocycles. The molecule has 8 nitrogen and oxygen atoms in total. The van der Waals surface area contributed by atoms with E-state index in [1.54, 1.807) is 4.90 Å². The second-order valence-electron chi connectivity index (χ2n) is 8.25. The third-order valence-electron chi connectivity index (χ3n) is 5.94. The van der Waals surface area contributed by atoms with Crippen molar-refractivity contribution in [2.45, 2.75) is 32.5 Å². The first-order valence-electron chi connectivity index (χ1n) is 10.9. The number of alkyl halides is 1. The number of carbonyl (C=O) groups is 2. The molecule has 1 aromatic rings. The van der Waals surface area contributed by atoms with Crippen LogP contribution in [0.3, 0.4) is 0 Å². The van der Waals surface area contributed by atoms with Gasteiger partial charge in [0.25, 0.3) is 5.91 Å². The van der Waals surface area contributed by atoms with Crippen LogP contribution in [-0.2, 0) is 24.3 Å². The highest BCUT2D eigenvalue weighted by Crippen LogP contribution is 2.25. The molecule has 182 valence electrons. The van der Waals surface area contributed by atoms with Crippen LogP contribution in [0.1, 0.15) is 32.0 Å². The van der Waals surface area contributed by atoms with Crippen LogP contribution in [0.4, 0.5) is 4.39 Å². The van der Waals surface area contributed by atoms with Crippen molar-refractivity contribution in [2.75, 3.05) is 38.6 Å². The number of halogens is 2. The zero-order chi connectivity index (χ0) is 24.2. The monoisotopic (exact) mass is 501 g/mol. The highest BCUT2D eigenvalue weighted by Gasteiger charge is 2.40. The summed E-state index contributed by atoms with van der Waals surface area (Å²) in [7, 11) is -4.16. The molecule has 0 saturated carbocycles. The van der Waals surface area contributed by atoms with Gasteiger partial charge in [0, 0.05) is 24.7 Å². The fourth-order valence-corrected chi connectivity index (χ4v) is 5.18. The maximum atomic E-state index is 14.6. The van der Waals surface area contributed by atoms with Gasteiger partial charge in [0.05, 0.1) is 13.2 Å². The summed E-state index contributed by atoms with van der Waals surface area (Å²) in [6, 6.07) is 5.06. The van der Waals surface area contributed by atoms with E-state index >= 15 is 0 Å². The van der Waals surface area contributed by atoms with Gasteiger partial charge in [0.15, 0.2) is 0 Å². The van der Waals surface area contributed by atoms with Gasteiger partial charge in [-0.05, 0) is 29.7 Å². The van der Waals surface area contributed by atoms with Crippen LogP contribution in [0.15, 0.2) is 36.0 Å². The molecule has 2 heterocycles. The summed E-state index contributed by atoms with van der Waals surface area (Å²) in [6.07, 6.45) is 0.303. The Kier molecular flexibility index (Phi) is 8.36. The Morgan fingerprint density at radius 3 is 2.48 bits per heavy atom. The van der Waals surface area contributed by atoms with E-state index in [0.717, 1.165) is 0 Å². The Balaban J connectivity index is 1.68. The molecule has 2 amide bonds. The van der Waals surface area contributed by atoms with Crippen molar-refractivity contribution in [2.24, 2.45) is 5.92 Å². The van der Waals surface area contributed by atoms with E-state index in [4.69, 9.17) is 16.3 Å². The number of ether oxygens (including phenoxy) is 1. The minimum atomic E-state index is -4.16. The molecule has 1 N–H and O–H groups in total. The number of hydrogen-bond donors (Lipinski definition) is 1. The summed E-state index contributed by atoms with van der Waals surface area (Å²) in [5.74, 6) is -1.74. The van der Waals surface area contributed by atoms with Crippen molar-refractivity contribution in [3.05, 3.63) is 46.6 Å². The van der Waals surface area contributed by atoms with Gasteiger partial charge in [-0.3, -0.25) is 14.3 Å². The molecule has 1 saturated heterocycles. The molecule has 0 spiro atoms. The molecule has 0 bridgehead atoms.